The summed E-state index contributed by atoms with van der Waals surface area (Å²) in [5, 5.41) is 6.60. The Bertz CT molecular complexity index is 870. The van der Waals surface area contributed by atoms with E-state index in [4.69, 9.17) is 0 Å². The quantitative estimate of drug-likeness (QED) is 0.668. The molecule has 4 nitrogen and oxygen atoms in total. The standard InChI is InChI=1S/C19H18N4S/c1-16(22-15-20-14-21-22)19-12-13-24(18-10-6-3-7-11-18)23(19)17-8-4-2-5-9-17/h2-16H,1H3. The van der Waals surface area contributed by atoms with Gasteiger partial charge >= 0.3 is 0 Å². The average Bonchev–Trinajstić information content (AvgIpc) is 3.32. The van der Waals surface area contributed by atoms with Crippen molar-refractivity contribution < 1.29 is 0 Å². The maximum atomic E-state index is 4.31. The summed E-state index contributed by atoms with van der Waals surface area (Å²) in [6.45, 7) is 2.15. The minimum absolute atomic E-state index is 0.116. The molecule has 0 aliphatic carbocycles. The number of hydrogen-bond acceptors (Lipinski definition) is 3. The fraction of sp³-hybridized carbons (Fsp3) is 0.105. The van der Waals surface area contributed by atoms with E-state index in [1.807, 2.05) is 10.7 Å². The lowest BCUT2D eigenvalue weighted by Crippen LogP contribution is -2.21. The average molecular weight is 334 g/mol. The largest absolute Gasteiger partial charge is 0.288 e. The number of allylic oxidation sites excluding steroid dienone is 2. The highest BCUT2D eigenvalue weighted by Gasteiger charge is 2.26. The molecule has 0 saturated heterocycles. The molecule has 3 aromatic rings. The number of rotatable bonds is 4. The minimum atomic E-state index is -0.137. The summed E-state index contributed by atoms with van der Waals surface area (Å²) < 4.78 is 4.30. The predicted octanol–water partition coefficient (Wildman–Crippen LogP) is 4.29. The summed E-state index contributed by atoms with van der Waals surface area (Å²) in [6.07, 6.45) is 5.57. The summed E-state index contributed by atoms with van der Waals surface area (Å²) in [4.78, 5) is 5.39. The smallest absolute Gasteiger partial charge is 0.137 e. The third-order valence-electron chi connectivity index (χ3n) is 4.04. The van der Waals surface area contributed by atoms with E-state index >= 15 is 0 Å². The summed E-state index contributed by atoms with van der Waals surface area (Å²) in [5.74, 6) is 0. The molecule has 1 aromatic heterocycles. The molecule has 0 radical (unpaired) electrons. The third-order valence-corrected chi connectivity index (χ3v) is 6.00. The van der Waals surface area contributed by atoms with E-state index in [1.165, 1.54) is 16.3 Å². The summed E-state index contributed by atoms with van der Waals surface area (Å²) in [5.41, 5.74) is 2.41. The van der Waals surface area contributed by atoms with Crippen molar-refractivity contribution in [2.24, 2.45) is 0 Å². The van der Waals surface area contributed by atoms with E-state index < -0.39 is 0 Å². The van der Waals surface area contributed by atoms with Crippen molar-refractivity contribution in [1.29, 1.82) is 0 Å². The predicted molar refractivity (Wildman–Crippen MR) is 100 cm³/mol. The molecule has 2 heterocycles. The second-order valence-electron chi connectivity index (χ2n) is 5.54. The molecule has 0 saturated carbocycles. The lowest BCUT2D eigenvalue weighted by Gasteiger charge is -2.30. The van der Waals surface area contributed by atoms with Crippen LogP contribution in [0.25, 0.3) is 0 Å². The van der Waals surface area contributed by atoms with Gasteiger partial charge in [0.1, 0.15) is 12.7 Å². The molecule has 24 heavy (non-hydrogen) atoms. The molecule has 0 spiro atoms. The molecule has 0 bridgehead atoms. The normalized spacial score (nSPS) is 18.1. The molecular weight excluding hydrogens is 316 g/mol. The highest BCUT2D eigenvalue weighted by atomic mass is 32.2. The number of aromatic nitrogens is 3. The first-order valence-corrected chi connectivity index (χ1v) is 9.11. The second kappa shape index (κ2) is 6.45. The first-order chi connectivity index (χ1) is 11.8. The molecule has 2 aromatic carbocycles. The van der Waals surface area contributed by atoms with Crippen LogP contribution in [0.15, 0.2) is 90.0 Å². The van der Waals surface area contributed by atoms with E-state index in [9.17, 15) is 0 Å². The first kappa shape index (κ1) is 14.9. The van der Waals surface area contributed by atoms with Gasteiger partial charge in [-0.15, -0.1) is 0 Å². The topological polar surface area (TPSA) is 34.0 Å². The van der Waals surface area contributed by atoms with Crippen LogP contribution in [0.1, 0.15) is 13.0 Å². The number of hydrogen-bond donors (Lipinski definition) is 0. The van der Waals surface area contributed by atoms with Crippen LogP contribution in [0.3, 0.4) is 0 Å². The van der Waals surface area contributed by atoms with E-state index in [1.54, 1.807) is 12.7 Å². The molecule has 120 valence electrons. The van der Waals surface area contributed by atoms with Crippen LogP contribution in [0.2, 0.25) is 0 Å². The fourth-order valence-corrected chi connectivity index (χ4v) is 4.79. The Morgan fingerprint density at radius 3 is 2.33 bits per heavy atom. The van der Waals surface area contributed by atoms with E-state index in [-0.39, 0.29) is 16.7 Å². The van der Waals surface area contributed by atoms with Crippen LogP contribution in [-0.4, -0.2) is 20.1 Å². The molecule has 0 amide bonds. The number of benzene rings is 2. The van der Waals surface area contributed by atoms with Gasteiger partial charge in [0, 0.05) is 4.90 Å². The van der Waals surface area contributed by atoms with Crippen LogP contribution in [-0.2, 0) is 0 Å². The number of para-hydroxylation sites is 1. The Hall–Kier alpha value is -2.66. The van der Waals surface area contributed by atoms with Gasteiger partial charge in [0.15, 0.2) is 0 Å². The van der Waals surface area contributed by atoms with Crippen molar-refractivity contribution >= 4 is 21.7 Å². The summed E-state index contributed by atoms with van der Waals surface area (Å²) in [7, 11) is -0.137. The van der Waals surface area contributed by atoms with Crippen LogP contribution in [0, 0.1) is 0 Å². The lowest BCUT2D eigenvalue weighted by molar-refractivity contribution is 0.551. The van der Waals surface area contributed by atoms with Crippen LogP contribution >= 0.6 is 10.7 Å². The zero-order chi connectivity index (χ0) is 16.4. The van der Waals surface area contributed by atoms with E-state index in [2.05, 4.69) is 87.4 Å². The lowest BCUT2D eigenvalue weighted by atomic mass is 10.2. The SMILES string of the molecule is CC(C1=CC=S(c2ccccc2)N1c1ccccc1)n1cncn1. The Kier molecular flexibility index (Phi) is 4.01. The maximum Gasteiger partial charge on any atom is 0.137 e. The second-order valence-corrected chi connectivity index (χ2v) is 7.27. The zero-order valence-electron chi connectivity index (χ0n) is 13.4. The Balaban J connectivity index is 1.76. The highest BCUT2D eigenvalue weighted by molar-refractivity contribution is 8.16. The number of anilines is 1. The van der Waals surface area contributed by atoms with Crippen molar-refractivity contribution in [3.05, 3.63) is 85.1 Å². The third kappa shape index (κ3) is 2.67. The molecule has 2 atom stereocenters. The maximum absolute atomic E-state index is 4.31. The molecule has 4 rings (SSSR count). The molecule has 1 aliphatic heterocycles. The van der Waals surface area contributed by atoms with Crippen molar-refractivity contribution in [3.63, 3.8) is 0 Å². The van der Waals surface area contributed by atoms with Gasteiger partial charge in [-0.25, -0.2) is 9.67 Å². The van der Waals surface area contributed by atoms with Crippen molar-refractivity contribution in [3.8, 4) is 0 Å². The molecule has 1 aliphatic rings. The van der Waals surface area contributed by atoms with Crippen molar-refractivity contribution in [2.45, 2.75) is 17.9 Å². The zero-order valence-corrected chi connectivity index (χ0v) is 14.2. The van der Waals surface area contributed by atoms with Crippen LogP contribution in [0.4, 0.5) is 5.69 Å². The monoisotopic (exact) mass is 334 g/mol. The number of nitrogens with zero attached hydrogens (tertiary/aromatic N) is 4. The molecular formula is C19H18N4S. The van der Waals surface area contributed by atoms with Gasteiger partial charge in [0.25, 0.3) is 0 Å². The van der Waals surface area contributed by atoms with Crippen LogP contribution in [0.5, 0.6) is 0 Å². The Labute approximate surface area is 144 Å². The van der Waals surface area contributed by atoms with Gasteiger partial charge in [-0.05, 0) is 42.6 Å². The van der Waals surface area contributed by atoms with Gasteiger partial charge in [-0.1, -0.05) is 47.1 Å². The van der Waals surface area contributed by atoms with Gasteiger partial charge in [-0.3, -0.25) is 4.31 Å². The van der Waals surface area contributed by atoms with Crippen molar-refractivity contribution in [2.75, 3.05) is 4.31 Å². The first-order valence-electron chi connectivity index (χ1n) is 7.87. The molecule has 5 heteroatoms. The van der Waals surface area contributed by atoms with Gasteiger partial charge in [0.05, 0.1) is 17.4 Å². The van der Waals surface area contributed by atoms with E-state index in [0.29, 0.717) is 0 Å². The van der Waals surface area contributed by atoms with Crippen LogP contribution < -0.4 is 4.31 Å². The van der Waals surface area contributed by atoms with Gasteiger partial charge < -0.3 is 0 Å². The molecule has 0 fully saturated rings. The minimum Gasteiger partial charge on any atom is -0.288 e. The Morgan fingerprint density at radius 1 is 0.958 bits per heavy atom. The fourth-order valence-electron chi connectivity index (χ4n) is 2.81. The molecule has 2 unspecified atom stereocenters. The van der Waals surface area contributed by atoms with Gasteiger partial charge in [-0.2, -0.15) is 5.10 Å². The highest BCUT2D eigenvalue weighted by Crippen LogP contribution is 2.44. The summed E-state index contributed by atoms with van der Waals surface area (Å²) in [6, 6.07) is 21.3. The Morgan fingerprint density at radius 2 is 1.67 bits per heavy atom. The van der Waals surface area contributed by atoms with Gasteiger partial charge in [0.2, 0.25) is 0 Å². The summed E-state index contributed by atoms with van der Waals surface area (Å²) >= 11 is 0. The molecule has 0 N–H and O–H groups in total. The van der Waals surface area contributed by atoms with E-state index in [0.717, 1.165) is 0 Å². The van der Waals surface area contributed by atoms with Crippen molar-refractivity contribution in [1.82, 2.24) is 14.8 Å².